The molecule has 2 atom stereocenters. The number of carboxylic acids is 1. The summed E-state index contributed by atoms with van der Waals surface area (Å²) in [5, 5.41) is 30.0. The first kappa shape index (κ1) is 14.8. The number of carboxylic acid groups (broad SMARTS) is 1. The number of aliphatic carboxylic acids is 1. The Balaban J connectivity index is 2.90. The number of carbonyl (C=O) groups excluding carboxylic acids is 1. The number of amides is 1. The topological polar surface area (TPSA) is 107 Å². The lowest BCUT2D eigenvalue weighted by Gasteiger charge is -2.20. The number of aromatic hydroxyl groups is 2. The molecule has 0 saturated carbocycles. The molecule has 0 aliphatic carbocycles. The SMILES string of the molecule is CC[C@H](C)[C@H](NC(=O)c1cc(O)cc(O)c1)C(=O)O. The number of phenols is 2. The van der Waals surface area contributed by atoms with Crippen molar-refractivity contribution in [2.24, 2.45) is 5.92 Å². The third-order valence-electron chi connectivity index (χ3n) is 2.93. The molecule has 4 N–H and O–H groups in total. The van der Waals surface area contributed by atoms with E-state index >= 15 is 0 Å². The van der Waals surface area contributed by atoms with Crippen LogP contribution >= 0.6 is 0 Å². The van der Waals surface area contributed by atoms with E-state index in [1.54, 1.807) is 6.92 Å². The van der Waals surface area contributed by atoms with Gasteiger partial charge in [0.1, 0.15) is 17.5 Å². The molecule has 0 aliphatic rings. The first-order valence-corrected chi connectivity index (χ1v) is 5.91. The highest BCUT2D eigenvalue weighted by atomic mass is 16.4. The molecule has 0 radical (unpaired) electrons. The maximum absolute atomic E-state index is 11.9. The number of hydrogen-bond acceptors (Lipinski definition) is 4. The molecule has 0 aromatic heterocycles. The summed E-state index contributed by atoms with van der Waals surface area (Å²) in [5.41, 5.74) is 0.00653. The van der Waals surface area contributed by atoms with Crippen LogP contribution in [0.1, 0.15) is 30.6 Å². The first-order valence-electron chi connectivity index (χ1n) is 5.91. The van der Waals surface area contributed by atoms with Crippen LogP contribution in [0.2, 0.25) is 0 Å². The first-order chi connectivity index (χ1) is 8.85. The van der Waals surface area contributed by atoms with Crippen LogP contribution in [0.4, 0.5) is 0 Å². The van der Waals surface area contributed by atoms with E-state index in [1.165, 1.54) is 0 Å². The van der Waals surface area contributed by atoms with E-state index in [9.17, 15) is 19.8 Å². The second kappa shape index (κ2) is 6.08. The van der Waals surface area contributed by atoms with Crippen molar-refractivity contribution >= 4 is 11.9 Å². The van der Waals surface area contributed by atoms with Gasteiger partial charge in [0.2, 0.25) is 0 Å². The Bertz CT molecular complexity index is 466. The van der Waals surface area contributed by atoms with Crippen molar-refractivity contribution < 1.29 is 24.9 Å². The Kier molecular flexibility index (Phi) is 4.74. The smallest absolute Gasteiger partial charge is 0.326 e. The molecule has 0 unspecified atom stereocenters. The van der Waals surface area contributed by atoms with E-state index in [0.29, 0.717) is 6.42 Å². The van der Waals surface area contributed by atoms with Crippen LogP contribution in [0.3, 0.4) is 0 Å². The zero-order valence-electron chi connectivity index (χ0n) is 10.8. The standard InChI is InChI=1S/C13H17NO5/c1-3-7(2)11(13(18)19)14-12(17)8-4-9(15)6-10(16)5-8/h4-7,11,15-16H,3H2,1-2H3,(H,14,17)(H,18,19)/t7-,11-/m0/s1. The summed E-state index contributed by atoms with van der Waals surface area (Å²) in [5.74, 6) is -2.53. The number of nitrogens with one attached hydrogen (secondary N) is 1. The number of carbonyl (C=O) groups is 2. The van der Waals surface area contributed by atoms with Crippen molar-refractivity contribution in [1.82, 2.24) is 5.32 Å². The van der Waals surface area contributed by atoms with Crippen molar-refractivity contribution in [3.05, 3.63) is 23.8 Å². The Hall–Kier alpha value is -2.24. The molecular formula is C13H17NO5. The van der Waals surface area contributed by atoms with Crippen molar-refractivity contribution in [2.45, 2.75) is 26.3 Å². The number of phenolic OH excluding ortho intramolecular Hbond substituents is 2. The summed E-state index contributed by atoms with van der Waals surface area (Å²) >= 11 is 0. The van der Waals surface area contributed by atoms with Crippen LogP contribution in [0.5, 0.6) is 11.5 Å². The average Bonchev–Trinajstić information content (AvgIpc) is 2.33. The highest BCUT2D eigenvalue weighted by Gasteiger charge is 2.25. The van der Waals surface area contributed by atoms with Crippen LogP contribution in [0.25, 0.3) is 0 Å². The molecule has 19 heavy (non-hydrogen) atoms. The highest BCUT2D eigenvalue weighted by molar-refractivity contribution is 5.97. The zero-order valence-corrected chi connectivity index (χ0v) is 10.8. The molecule has 1 rings (SSSR count). The average molecular weight is 267 g/mol. The van der Waals surface area contributed by atoms with Gasteiger partial charge in [-0.2, -0.15) is 0 Å². The fraction of sp³-hybridized carbons (Fsp3) is 0.385. The molecule has 0 fully saturated rings. The predicted octanol–water partition coefficient (Wildman–Crippen LogP) is 1.33. The molecule has 0 aliphatic heterocycles. The number of benzene rings is 1. The third-order valence-corrected chi connectivity index (χ3v) is 2.93. The van der Waals surface area contributed by atoms with Gasteiger partial charge in [-0.25, -0.2) is 4.79 Å². The normalized spacial score (nSPS) is 13.6. The van der Waals surface area contributed by atoms with Gasteiger partial charge in [-0.15, -0.1) is 0 Å². The largest absolute Gasteiger partial charge is 0.508 e. The lowest BCUT2D eigenvalue weighted by atomic mass is 9.99. The molecule has 1 aromatic carbocycles. The summed E-state index contributed by atoms with van der Waals surface area (Å²) in [6.07, 6.45) is 0.600. The molecule has 0 bridgehead atoms. The van der Waals surface area contributed by atoms with Gasteiger partial charge >= 0.3 is 5.97 Å². The van der Waals surface area contributed by atoms with Gasteiger partial charge in [0, 0.05) is 11.6 Å². The summed E-state index contributed by atoms with van der Waals surface area (Å²) in [6.45, 7) is 3.55. The molecule has 1 aromatic rings. The third kappa shape index (κ3) is 3.87. The molecular weight excluding hydrogens is 250 g/mol. The fourth-order valence-electron chi connectivity index (χ4n) is 1.63. The van der Waals surface area contributed by atoms with Gasteiger partial charge in [0.15, 0.2) is 0 Å². The van der Waals surface area contributed by atoms with Crippen molar-refractivity contribution in [2.75, 3.05) is 0 Å². The number of rotatable bonds is 5. The van der Waals surface area contributed by atoms with E-state index in [1.807, 2.05) is 6.92 Å². The van der Waals surface area contributed by atoms with Gasteiger partial charge < -0.3 is 20.6 Å². The van der Waals surface area contributed by atoms with Crippen LogP contribution in [0, 0.1) is 5.92 Å². The van der Waals surface area contributed by atoms with E-state index in [-0.39, 0.29) is 23.0 Å². The van der Waals surface area contributed by atoms with Gasteiger partial charge in [-0.3, -0.25) is 4.79 Å². The number of hydrogen-bond donors (Lipinski definition) is 4. The van der Waals surface area contributed by atoms with Crippen molar-refractivity contribution in [3.63, 3.8) is 0 Å². The highest BCUT2D eigenvalue weighted by Crippen LogP contribution is 2.20. The fourth-order valence-corrected chi connectivity index (χ4v) is 1.63. The summed E-state index contributed by atoms with van der Waals surface area (Å²) in [7, 11) is 0. The second-order valence-electron chi connectivity index (χ2n) is 4.41. The van der Waals surface area contributed by atoms with Gasteiger partial charge in [-0.1, -0.05) is 20.3 Å². The van der Waals surface area contributed by atoms with E-state index in [0.717, 1.165) is 18.2 Å². The minimum atomic E-state index is -1.12. The van der Waals surface area contributed by atoms with Crippen LogP contribution in [-0.2, 0) is 4.79 Å². The van der Waals surface area contributed by atoms with Crippen molar-refractivity contribution in [3.8, 4) is 11.5 Å². The van der Waals surface area contributed by atoms with E-state index in [4.69, 9.17) is 5.11 Å². The molecule has 1 amide bonds. The lowest BCUT2D eigenvalue weighted by molar-refractivity contribution is -0.140. The minimum absolute atomic E-state index is 0.00653. The molecule has 0 heterocycles. The Morgan fingerprint density at radius 3 is 2.16 bits per heavy atom. The lowest BCUT2D eigenvalue weighted by Crippen LogP contribution is -2.45. The monoisotopic (exact) mass is 267 g/mol. The molecule has 6 nitrogen and oxygen atoms in total. The van der Waals surface area contributed by atoms with E-state index in [2.05, 4.69) is 5.32 Å². The summed E-state index contributed by atoms with van der Waals surface area (Å²) in [6, 6.07) is 2.39. The predicted molar refractivity (Wildman–Crippen MR) is 68.1 cm³/mol. The Labute approximate surface area is 110 Å². The quantitative estimate of drug-likeness (QED) is 0.643. The van der Waals surface area contributed by atoms with Crippen LogP contribution < -0.4 is 5.32 Å². The van der Waals surface area contributed by atoms with Gasteiger partial charge in [0.25, 0.3) is 5.91 Å². The second-order valence-corrected chi connectivity index (χ2v) is 4.41. The van der Waals surface area contributed by atoms with Gasteiger partial charge in [-0.05, 0) is 18.1 Å². The van der Waals surface area contributed by atoms with Crippen LogP contribution in [0.15, 0.2) is 18.2 Å². The zero-order chi connectivity index (χ0) is 14.6. The Morgan fingerprint density at radius 1 is 1.21 bits per heavy atom. The molecule has 104 valence electrons. The Morgan fingerprint density at radius 2 is 1.74 bits per heavy atom. The van der Waals surface area contributed by atoms with Crippen LogP contribution in [-0.4, -0.2) is 33.2 Å². The maximum Gasteiger partial charge on any atom is 0.326 e. The molecule has 0 saturated heterocycles. The summed E-state index contributed by atoms with van der Waals surface area (Å²) in [4.78, 5) is 23.0. The summed E-state index contributed by atoms with van der Waals surface area (Å²) < 4.78 is 0. The van der Waals surface area contributed by atoms with E-state index < -0.39 is 17.9 Å². The molecule has 6 heteroatoms. The van der Waals surface area contributed by atoms with Gasteiger partial charge in [0.05, 0.1) is 0 Å². The minimum Gasteiger partial charge on any atom is -0.508 e. The maximum atomic E-state index is 11.9. The van der Waals surface area contributed by atoms with Crippen molar-refractivity contribution in [1.29, 1.82) is 0 Å². The molecule has 0 spiro atoms.